The number of nitrogens with zero attached hydrogens (tertiary/aromatic N) is 2. The van der Waals surface area contributed by atoms with Crippen molar-refractivity contribution in [1.29, 1.82) is 5.26 Å². The lowest BCUT2D eigenvalue weighted by atomic mass is 10.1. The summed E-state index contributed by atoms with van der Waals surface area (Å²) in [5.74, 6) is 0. The maximum atomic E-state index is 9.10. The van der Waals surface area contributed by atoms with Crippen molar-refractivity contribution in [2.75, 3.05) is 0 Å². The third-order valence-electron chi connectivity index (χ3n) is 3.15. The molecule has 0 radical (unpaired) electrons. The van der Waals surface area contributed by atoms with Gasteiger partial charge < -0.3 is 4.57 Å². The van der Waals surface area contributed by atoms with Crippen LogP contribution in [0.4, 0.5) is 0 Å². The van der Waals surface area contributed by atoms with Gasteiger partial charge in [-0.05, 0) is 44.4 Å². The van der Waals surface area contributed by atoms with Gasteiger partial charge in [-0.2, -0.15) is 5.26 Å². The van der Waals surface area contributed by atoms with Crippen molar-refractivity contribution < 1.29 is 0 Å². The van der Waals surface area contributed by atoms with E-state index >= 15 is 0 Å². The first-order valence-corrected chi connectivity index (χ1v) is 6.36. The van der Waals surface area contributed by atoms with E-state index in [1.54, 1.807) is 0 Å². The second kappa shape index (κ2) is 5.55. The monoisotopic (exact) mass is 238 g/mol. The zero-order valence-corrected chi connectivity index (χ0v) is 10.9. The lowest BCUT2D eigenvalue weighted by Crippen LogP contribution is -2.08. The Hall–Kier alpha value is -2.01. The van der Waals surface area contributed by atoms with Gasteiger partial charge >= 0.3 is 0 Å². The van der Waals surface area contributed by atoms with Gasteiger partial charge in [-0.1, -0.05) is 30.3 Å². The highest BCUT2D eigenvalue weighted by molar-refractivity contribution is 5.28. The fourth-order valence-electron chi connectivity index (χ4n) is 2.31. The highest BCUT2D eigenvalue weighted by atomic mass is 15.0. The maximum Gasteiger partial charge on any atom is 0.120 e. The van der Waals surface area contributed by atoms with Crippen molar-refractivity contribution >= 4 is 0 Å². The largest absolute Gasteiger partial charge is 0.334 e. The molecule has 1 aromatic carbocycles. The SMILES string of the molecule is CC(C)n1c(C#N)ccc1CCc1ccccc1. The minimum Gasteiger partial charge on any atom is -0.334 e. The molecule has 0 bridgehead atoms. The van der Waals surface area contributed by atoms with Gasteiger partial charge in [0.1, 0.15) is 11.8 Å². The summed E-state index contributed by atoms with van der Waals surface area (Å²) < 4.78 is 2.13. The molecule has 92 valence electrons. The van der Waals surface area contributed by atoms with E-state index in [0.29, 0.717) is 6.04 Å². The minimum atomic E-state index is 0.334. The van der Waals surface area contributed by atoms with Gasteiger partial charge in [0.25, 0.3) is 0 Å². The molecular weight excluding hydrogens is 220 g/mol. The quantitative estimate of drug-likeness (QED) is 0.798. The summed E-state index contributed by atoms with van der Waals surface area (Å²) in [5.41, 5.74) is 3.34. The normalized spacial score (nSPS) is 10.6. The Morgan fingerprint density at radius 1 is 1.06 bits per heavy atom. The molecule has 2 aromatic rings. The average molecular weight is 238 g/mol. The van der Waals surface area contributed by atoms with Crippen LogP contribution in [0.25, 0.3) is 0 Å². The van der Waals surface area contributed by atoms with Crippen molar-refractivity contribution in [2.24, 2.45) is 0 Å². The van der Waals surface area contributed by atoms with Gasteiger partial charge in [0.05, 0.1) is 0 Å². The van der Waals surface area contributed by atoms with Gasteiger partial charge in [-0.15, -0.1) is 0 Å². The van der Waals surface area contributed by atoms with Crippen LogP contribution in [0.3, 0.4) is 0 Å². The van der Waals surface area contributed by atoms with Crippen molar-refractivity contribution in [3.63, 3.8) is 0 Å². The van der Waals surface area contributed by atoms with Gasteiger partial charge in [-0.3, -0.25) is 0 Å². The molecule has 0 aliphatic heterocycles. The summed E-state index contributed by atoms with van der Waals surface area (Å²) in [5, 5.41) is 9.10. The van der Waals surface area contributed by atoms with E-state index in [4.69, 9.17) is 5.26 Å². The van der Waals surface area contributed by atoms with Gasteiger partial charge in [0.15, 0.2) is 0 Å². The lowest BCUT2D eigenvalue weighted by Gasteiger charge is -2.14. The van der Waals surface area contributed by atoms with E-state index in [0.717, 1.165) is 18.5 Å². The molecule has 0 aliphatic carbocycles. The Bertz CT molecular complexity index is 544. The second-order valence-corrected chi connectivity index (χ2v) is 4.77. The van der Waals surface area contributed by atoms with Gasteiger partial charge in [0.2, 0.25) is 0 Å². The Morgan fingerprint density at radius 3 is 2.39 bits per heavy atom. The van der Waals surface area contributed by atoms with Crippen LogP contribution in [0.1, 0.15) is 36.8 Å². The summed E-state index contributed by atoms with van der Waals surface area (Å²) in [6.07, 6.45) is 1.99. The first-order chi connectivity index (χ1) is 8.72. The topological polar surface area (TPSA) is 28.7 Å². The molecule has 18 heavy (non-hydrogen) atoms. The molecule has 0 unspecified atom stereocenters. The van der Waals surface area contributed by atoms with Crippen LogP contribution < -0.4 is 0 Å². The fraction of sp³-hybridized carbons (Fsp3) is 0.312. The van der Waals surface area contributed by atoms with Crippen LogP contribution in [0.15, 0.2) is 42.5 Å². The standard InChI is InChI=1S/C16H18N2/c1-13(2)18-15(10-11-16(18)12-17)9-8-14-6-4-3-5-7-14/h3-7,10-11,13H,8-9H2,1-2H3. The molecule has 0 atom stereocenters. The minimum absolute atomic E-state index is 0.334. The Kier molecular flexibility index (Phi) is 3.84. The first kappa shape index (κ1) is 12.4. The van der Waals surface area contributed by atoms with Crippen molar-refractivity contribution in [3.8, 4) is 6.07 Å². The van der Waals surface area contributed by atoms with Crippen LogP contribution in [0.5, 0.6) is 0 Å². The molecule has 2 rings (SSSR count). The van der Waals surface area contributed by atoms with E-state index in [1.165, 1.54) is 11.3 Å². The Balaban J connectivity index is 2.15. The molecular formula is C16H18N2. The summed E-state index contributed by atoms with van der Waals surface area (Å²) in [7, 11) is 0. The second-order valence-electron chi connectivity index (χ2n) is 4.77. The number of nitriles is 1. The lowest BCUT2D eigenvalue weighted by molar-refractivity contribution is 0.569. The van der Waals surface area contributed by atoms with Gasteiger partial charge in [0, 0.05) is 11.7 Å². The Morgan fingerprint density at radius 2 is 1.78 bits per heavy atom. The number of aryl methyl sites for hydroxylation is 2. The van der Waals surface area contributed by atoms with Crippen LogP contribution in [0.2, 0.25) is 0 Å². The maximum absolute atomic E-state index is 9.10. The van der Waals surface area contributed by atoms with E-state index in [1.807, 2.05) is 12.1 Å². The molecule has 0 aliphatic rings. The van der Waals surface area contributed by atoms with Gasteiger partial charge in [-0.25, -0.2) is 0 Å². The zero-order chi connectivity index (χ0) is 13.0. The molecule has 0 amide bonds. The summed E-state index contributed by atoms with van der Waals surface area (Å²) >= 11 is 0. The molecule has 2 heteroatoms. The number of benzene rings is 1. The number of rotatable bonds is 4. The number of aromatic nitrogens is 1. The summed E-state index contributed by atoms with van der Waals surface area (Å²) in [6, 6.07) is 17.0. The summed E-state index contributed by atoms with van der Waals surface area (Å²) in [4.78, 5) is 0. The van der Waals surface area contributed by atoms with Crippen LogP contribution in [0, 0.1) is 11.3 Å². The average Bonchev–Trinajstić information content (AvgIpc) is 2.80. The molecule has 2 nitrogen and oxygen atoms in total. The molecule has 0 saturated carbocycles. The summed E-state index contributed by atoms with van der Waals surface area (Å²) in [6.45, 7) is 4.24. The highest BCUT2D eigenvalue weighted by Gasteiger charge is 2.10. The third-order valence-corrected chi connectivity index (χ3v) is 3.15. The van der Waals surface area contributed by atoms with Crippen molar-refractivity contribution in [3.05, 3.63) is 59.4 Å². The predicted octanol–water partition coefficient (Wildman–Crippen LogP) is 3.73. The molecule has 0 spiro atoms. The van der Waals surface area contributed by atoms with E-state index < -0.39 is 0 Å². The first-order valence-electron chi connectivity index (χ1n) is 6.36. The zero-order valence-electron chi connectivity index (χ0n) is 10.9. The molecule has 1 heterocycles. The molecule has 1 aromatic heterocycles. The molecule has 0 N–H and O–H groups in total. The number of hydrogen-bond donors (Lipinski definition) is 0. The molecule has 0 fully saturated rings. The predicted molar refractivity (Wildman–Crippen MR) is 73.4 cm³/mol. The highest BCUT2D eigenvalue weighted by Crippen LogP contribution is 2.17. The number of hydrogen-bond acceptors (Lipinski definition) is 1. The third kappa shape index (κ3) is 2.62. The van der Waals surface area contributed by atoms with E-state index in [-0.39, 0.29) is 0 Å². The van der Waals surface area contributed by atoms with E-state index in [2.05, 4.69) is 54.8 Å². The fourth-order valence-corrected chi connectivity index (χ4v) is 2.31. The van der Waals surface area contributed by atoms with E-state index in [9.17, 15) is 0 Å². The Labute approximate surface area is 108 Å². The van der Waals surface area contributed by atoms with Crippen molar-refractivity contribution in [1.82, 2.24) is 4.57 Å². The van der Waals surface area contributed by atoms with Crippen LogP contribution >= 0.6 is 0 Å². The van der Waals surface area contributed by atoms with Crippen molar-refractivity contribution in [2.45, 2.75) is 32.7 Å². The molecule has 0 saturated heterocycles. The van der Waals surface area contributed by atoms with Crippen LogP contribution in [-0.4, -0.2) is 4.57 Å². The van der Waals surface area contributed by atoms with Crippen LogP contribution in [-0.2, 0) is 12.8 Å². The smallest absolute Gasteiger partial charge is 0.120 e.